The first-order chi connectivity index (χ1) is 16.1. The summed E-state index contributed by atoms with van der Waals surface area (Å²) in [5, 5.41) is 7.69. The standard InChI is InChI=1S/C25H31FN4O3/c1-4-15-27-25(31)29(16-17-32-3)18-22-23(5-2)28-30(20-13-11-19(26)12-14-20)24(22)33-21-9-7-6-8-10-21/h6-14H,4-5,15-18H2,1-3H3,(H,27,31). The zero-order valence-electron chi connectivity index (χ0n) is 19.4. The molecule has 0 saturated carbocycles. The highest BCUT2D eigenvalue weighted by Gasteiger charge is 2.24. The Labute approximate surface area is 194 Å². The van der Waals surface area contributed by atoms with Crippen LogP contribution in [0.3, 0.4) is 0 Å². The van der Waals surface area contributed by atoms with E-state index >= 15 is 0 Å². The Bertz CT molecular complexity index is 1020. The molecule has 1 heterocycles. The van der Waals surface area contributed by atoms with E-state index in [0.29, 0.717) is 50.0 Å². The zero-order chi connectivity index (χ0) is 23.6. The largest absolute Gasteiger partial charge is 0.439 e. The predicted octanol–water partition coefficient (Wildman–Crippen LogP) is 4.93. The van der Waals surface area contributed by atoms with Gasteiger partial charge in [0.1, 0.15) is 11.6 Å². The van der Waals surface area contributed by atoms with Crippen molar-refractivity contribution in [2.45, 2.75) is 33.2 Å². The number of methoxy groups -OCH3 is 1. The summed E-state index contributed by atoms with van der Waals surface area (Å²) < 4.78 is 26.7. The number of benzene rings is 2. The van der Waals surface area contributed by atoms with Crippen molar-refractivity contribution in [2.75, 3.05) is 26.8 Å². The fourth-order valence-electron chi connectivity index (χ4n) is 3.37. The van der Waals surface area contributed by atoms with Crippen LogP contribution in [-0.4, -0.2) is 47.5 Å². The topological polar surface area (TPSA) is 68.6 Å². The van der Waals surface area contributed by atoms with E-state index in [4.69, 9.17) is 14.6 Å². The molecule has 7 nitrogen and oxygen atoms in total. The number of hydrogen-bond donors (Lipinski definition) is 1. The van der Waals surface area contributed by atoms with Crippen molar-refractivity contribution in [3.05, 3.63) is 71.7 Å². The summed E-state index contributed by atoms with van der Waals surface area (Å²) >= 11 is 0. The van der Waals surface area contributed by atoms with Gasteiger partial charge in [0, 0.05) is 20.2 Å². The molecule has 0 saturated heterocycles. The number of para-hydroxylation sites is 1. The minimum Gasteiger partial charge on any atom is -0.439 e. The van der Waals surface area contributed by atoms with Gasteiger partial charge >= 0.3 is 6.03 Å². The van der Waals surface area contributed by atoms with Crippen LogP contribution in [0.4, 0.5) is 9.18 Å². The Morgan fingerprint density at radius 2 is 1.85 bits per heavy atom. The van der Waals surface area contributed by atoms with E-state index in [1.165, 1.54) is 12.1 Å². The average Bonchev–Trinajstić information content (AvgIpc) is 3.18. The number of carbonyl (C=O) groups excluding carboxylic acids is 1. The smallest absolute Gasteiger partial charge is 0.317 e. The van der Waals surface area contributed by atoms with Crippen LogP contribution in [0.25, 0.3) is 5.69 Å². The number of carbonyl (C=O) groups is 1. The van der Waals surface area contributed by atoms with Crippen molar-refractivity contribution in [1.29, 1.82) is 0 Å². The third-order valence-corrected chi connectivity index (χ3v) is 5.11. The Kier molecular flexibility index (Phi) is 8.83. The van der Waals surface area contributed by atoms with Gasteiger partial charge in [-0.05, 0) is 49.2 Å². The number of amides is 2. The van der Waals surface area contributed by atoms with Gasteiger partial charge in [-0.15, -0.1) is 0 Å². The van der Waals surface area contributed by atoms with Gasteiger partial charge in [-0.2, -0.15) is 5.10 Å². The van der Waals surface area contributed by atoms with Gasteiger partial charge in [-0.25, -0.2) is 13.9 Å². The van der Waals surface area contributed by atoms with Gasteiger partial charge in [0.15, 0.2) is 0 Å². The molecule has 3 rings (SSSR count). The number of nitrogens with zero attached hydrogens (tertiary/aromatic N) is 3. The molecule has 0 fully saturated rings. The maximum atomic E-state index is 13.6. The molecule has 0 atom stereocenters. The number of rotatable bonds is 11. The first-order valence-electron chi connectivity index (χ1n) is 11.2. The highest BCUT2D eigenvalue weighted by atomic mass is 19.1. The Balaban J connectivity index is 2.05. The van der Waals surface area contributed by atoms with Crippen molar-refractivity contribution < 1.29 is 18.7 Å². The Morgan fingerprint density at radius 1 is 1.12 bits per heavy atom. The number of aryl methyl sites for hydroxylation is 1. The van der Waals surface area contributed by atoms with Gasteiger partial charge in [0.05, 0.1) is 30.1 Å². The van der Waals surface area contributed by atoms with Crippen molar-refractivity contribution in [3.63, 3.8) is 0 Å². The SMILES string of the molecule is CCCNC(=O)N(CCOC)Cc1c(CC)nn(-c2ccc(F)cc2)c1Oc1ccccc1. The number of ether oxygens (including phenoxy) is 2. The van der Waals surface area contributed by atoms with Crippen LogP contribution in [0.1, 0.15) is 31.5 Å². The summed E-state index contributed by atoms with van der Waals surface area (Å²) in [4.78, 5) is 14.5. The van der Waals surface area contributed by atoms with Crippen LogP contribution in [0.5, 0.6) is 11.6 Å². The highest BCUT2D eigenvalue weighted by molar-refractivity contribution is 5.74. The predicted molar refractivity (Wildman–Crippen MR) is 125 cm³/mol. The molecule has 0 bridgehead atoms. The highest BCUT2D eigenvalue weighted by Crippen LogP contribution is 2.32. The van der Waals surface area contributed by atoms with Gasteiger partial charge in [0.25, 0.3) is 0 Å². The molecule has 176 valence electrons. The Morgan fingerprint density at radius 3 is 2.48 bits per heavy atom. The van der Waals surface area contributed by atoms with Crippen LogP contribution < -0.4 is 10.1 Å². The molecule has 0 unspecified atom stereocenters. The van der Waals surface area contributed by atoms with Crippen molar-refractivity contribution in [3.8, 4) is 17.3 Å². The van der Waals surface area contributed by atoms with E-state index in [1.54, 1.807) is 28.8 Å². The number of aromatic nitrogens is 2. The molecule has 3 aromatic rings. The van der Waals surface area contributed by atoms with Crippen LogP contribution in [0.2, 0.25) is 0 Å². The second-order valence-corrected chi connectivity index (χ2v) is 7.53. The lowest BCUT2D eigenvalue weighted by molar-refractivity contribution is 0.146. The molecule has 0 spiro atoms. The molecule has 1 aromatic heterocycles. The van der Waals surface area contributed by atoms with Crippen molar-refractivity contribution in [1.82, 2.24) is 20.0 Å². The second kappa shape index (κ2) is 12.0. The fraction of sp³-hybridized carbons (Fsp3) is 0.360. The zero-order valence-corrected chi connectivity index (χ0v) is 19.4. The maximum Gasteiger partial charge on any atom is 0.317 e. The molecule has 2 amide bonds. The Hall–Kier alpha value is -3.39. The van der Waals surface area contributed by atoms with E-state index in [1.807, 2.05) is 44.2 Å². The average molecular weight is 455 g/mol. The number of nitrogens with one attached hydrogen (secondary N) is 1. The van der Waals surface area contributed by atoms with Gasteiger partial charge < -0.3 is 19.7 Å². The molecule has 0 radical (unpaired) electrons. The van der Waals surface area contributed by atoms with Gasteiger partial charge in [-0.3, -0.25) is 0 Å². The third-order valence-electron chi connectivity index (χ3n) is 5.11. The molecule has 1 N–H and O–H groups in total. The molecule has 0 aliphatic rings. The lowest BCUT2D eigenvalue weighted by Crippen LogP contribution is -2.41. The summed E-state index contributed by atoms with van der Waals surface area (Å²) in [6.07, 6.45) is 1.48. The molecular formula is C25H31FN4O3. The summed E-state index contributed by atoms with van der Waals surface area (Å²) in [5.41, 5.74) is 2.27. The second-order valence-electron chi connectivity index (χ2n) is 7.53. The van der Waals surface area contributed by atoms with Crippen LogP contribution >= 0.6 is 0 Å². The van der Waals surface area contributed by atoms with Gasteiger partial charge in [-0.1, -0.05) is 32.0 Å². The van der Waals surface area contributed by atoms with Crippen LogP contribution in [0, 0.1) is 5.82 Å². The molecule has 2 aromatic carbocycles. The molecule has 0 aliphatic carbocycles. The molecule has 0 aliphatic heterocycles. The number of hydrogen-bond acceptors (Lipinski definition) is 4. The molecular weight excluding hydrogens is 423 g/mol. The van der Waals surface area contributed by atoms with Crippen LogP contribution in [-0.2, 0) is 17.7 Å². The van der Waals surface area contributed by atoms with Crippen LogP contribution in [0.15, 0.2) is 54.6 Å². The van der Waals surface area contributed by atoms with Crippen molar-refractivity contribution >= 4 is 6.03 Å². The van der Waals surface area contributed by atoms with E-state index in [0.717, 1.165) is 17.7 Å². The fourth-order valence-corrected chi connectivity index (χ4v) is 3.37. The van der Waals surface area contributed by atoms with E-state index < -0.39 is 0 Å². The van der Waals surface area contributed by atoms with E-state index in [2.05, 4.69) is 5.32 Å². The maximum absolute atomic E-state index is 13.6. The minimum absolute atomic E-state index is 0.170. The van der Waals surface area contributed by atoms with E-state index in [9.17, 15) is 9.18 Å². The minimum atomic E-state index is -0.328. The van der Waals surface area contributed by atoms with Gasteiger partial charge in [0.2, 0.25) is 5.88 Å². The summed E-state index contributed by atoms with van der Waals surface area (Å²) in [6, 6.07) is 15.3. The lowest BCUT2D eigenvalue weighted by atomic mass is 10.2. The third kappa shape index (κ3) is 6.32. The summed E-state index contributed by atoms with van der Waals surface area (Å²) in [7, 11) is 1.61. The van der Waals surface area contributed by atoms with E-state index in [-0.39, 0.29) is 11.8 Å². The molecule has 33 heavy (non-hydrogen) atoms. The molecule has 8 heteroatoms. The number of urea groups is 1. The lowest BCUT2D eigenvalue weighted by Gasteiger charge is -2.23. The quantitative estimate of drug-likeness (QED) is 0.446. The number of halogens is 1. The monoisotopic (exact) mass is 454 g/mol. The first kappa shape index (κ1) is 24.3. The summed E-state index contributed by atoms with van der Waals surface area (Å²) in [6.45, 7) is 5.72. The first-order valence-corrected chi connectivity index (χ1v) is 11.2. The normalized spacial score (nSPS) is 10.8. The van der Waals surface area contributed by atoms with Crippen molar-refractivity contribution in [2.24, 2.45) is 0 Å². The summed E-state index contributed by atoms with van der Waals surface area (Å²) in [5.74, 6) is 0.810.